The van der Waals surface area contributed by atoms with Gasteiger partial charge in [-0.3, -0.25) is 4.79 Å². The molecule has 0 aliphatic heterocycles. The van der Waals surface area contributed by atoms with E-state index in [2.05, 4.69) is 41.4 Å². The number of aryl methyl sites for hydroxylation is 1. The molecule has 0 atom stereocenters. The van der Waals surface area contributed by atoms with Crippen LogP contribution in [-0.4, -0.2) is 12.5 Å². The van der Waals surface area contributed by atoms with E-state index < -0.39 is 0 Å². The number of halogens is 1. The minimum absolute atomic E-state index is 0. The lowest BCUT2D eigenvalue weighted by atomic mass is 10.1. The fraction of sp³-hybridized carbons (Fsp3) is 0.500. The highest BCUT2D eigenvalue weighted by Gasteiger charge is 2.11. The molecule has 0 fully saturated rings. The summed E-state index contributed by atoms with van der Waals surface area (Å²) in [6.45, 7) is 5.88. The molecule has 0 saturated heterocycles. The minimum Gasteiger partial charge on any atom is -1.00 e. The second-order valence-corrected chi connectivity index (χ2v) is 11.1. The number of rotatable bonds is 18. The molecular formula is C32H45BrN2O2S. The molecule has 2 aromatic carbocycles. The van der Waals surface area contributed by atoms with Gasteiger partial charge in [0.05, 0.1) is 12.0 Å². The molecule has 0 aliphatic rings. The molecule has 0 bridgehead atoms. The SMILES string of the molecule is CCCCCCCCCCCCCCOc1cccc(C(=O)Nc2cccc(C[n+]3ccsc3C)c2)c1.[Br-]. The van der Waals surface area contributed by atoms with Crippen LogP contribution in [0.15, 0.2) is 60.1 Å². The van der Waals surface area contributed by atoms with Crippen molar-refractivity contribution in [3.05, 3.63) is 76.2 Å². The number of ether oxygens (including phenoxy) is 1. The number of nitrogens with zero attached hydrogens (tertiary/aromatic N) is 1. The van der Waals surface area contributed by atoms with E-state index in [-0.39, 0.29) is 22.9 Å². The molecule has 1 N–H and O–H groups in total. The highest BCUT2D eigenvalue weighted by atomic mass is 79.9. The Balaban J connectivity index is 0.00000507. The number of thiazole rings is 1. The van der Waals surface area contributed by atoms with Gasteiger partial charge in [0.15, 0.2) is 12.7 Å². The van der Waals surface area contributed by atoms with E-state index in [1.54, 1.807) is 11.3 Å². The predicted molar refractivity (Wildman–Crippen MR) is 156 cm³/mol. The van der Waals surface area contributed by atoms with E-state index in [1.165, 1.54) is 75.6 Å². The van der Waals surface area contributed by atoms with Crippen LogP contribution in [0.25, 0.3) is 0 Å². The van der Waals surface area contributed by atoms with E-state index in [0.29, 0.717) is 12.2 Å². The second kappa shape index (κ2) is 19.0. The molecule has 38 heavy (non-hydrogen) atoms. The fourth-order valence-electron chi connectivity index (χ4n) is 4.55. The van der Waals surface area contributed by atoms with Gasteiger partial charge in [-0.05, 0) is 36.8 Å². The van der Waals surface area contributed by atoms with Gasteiger partial charge in [-0.1, -0.05) is 107 Å². The first-order valence-electron chi connectivity index (χ1n) is 14.2. The number of hydrogen-bond acceptors (Lipinski definition) is 3. The molecule has 208 valence electrons. The number of carbonyl (C=O) groups is 1. The number of unbranched alkanes of at least 4 members (excludes halogenated alkanes) is 11. The van der Waals surface area contributed by atoms with Crippen LogP contribution in [0.5, 0.6) is 5.75 Å². The van der Waals surface area contributed by atoms with Gasteiger partial charge in [0, 0.05) is 23.7 Å². The molecule has 0 saturated carbocycles. The van der Waals surface area contributed by atoms with Crippen LogP contribution in [0.4, 0.5) is 5.69 Å². The number of carbonyl (C=O) groups excluding carboxylic acids is 1. The molecule has 4 nitrogen and oxygen atoms in total. The summed E-state index contributed by atoms with van der Waals surface area (Å²) in [5, 5.41) is 6.39. The normalized spacial score (nSPS) is 10.7. The molecule has 1 amide bonds. The summed E-state index contributed by atoms with van der Waals surface area (Å²) in [4.78, 5) is 12.9. The van der Waals surface area contributed by atoms with Crippen molar-refractivity contribution in [3.63, 3.8) is 0 Å². The first-order valence-corrected chi connectivity index (χ1v) is 15.1. The highest BCUT2D eigenvalue weighted by Crippen LogP contribution is 2.18. The fourth-order valence-corrected chi connectivity index (χ4v) is 5.21. The maximum atomic E-state index is 12.9. The molecule has 0 unspecified atom stereocenters. The average Bonchev–Trinajstić information content (AvgIpc) is 3.31. The number of hydrogen-bond donors (Lipinski definition) is 1. The van der Waals surface area contributed by atoms with Crippen LogP contribution in [0.2, 0.25) is 0 Å². The van der Waals surface area contributed by atoms with Crippen LogP contribution in [0, 0.1) is 6.92 Å². The molecule has 0 spiro atoms. The van der Waals surface area contributed by atoms with Gasteiger partial charge in [-0.25, -0.2) is 0 Å². The zero-order valence-corrected chi connectivity index (χ0v) is 25.6. The second-order valence-electron chi connectivity index (χ2n) is 9.97. The van der Waals surface area contributed by atoms with Gasteiger partial charge in [0.1, 0.15) is 5.75 Å². The highest BCUT2D eigenvalue weighted by molar-refractivity contribution is 7.09. The number of aromatic nitrogens is 1. The maximum Gasteiger partial charge on any atom is 0.255 e. The zero-order chi connectivity index (χ0) is 26.1. The third-order valence-electron chi connectivity index (χ3n) is 6.78. The van der Waals surface area contributed by atoms with Crippen molar-refractivity contribution in [1.29, 1.82) is 0 Å². The molecule has 1 heterocycles. The van der Waals surface area contributed by atoms with E-state index in [1.807, 2.05) is 42.5 Å². The molecule has 1 aromatic heterocycles. The molecule has 3 rings (SSSR count). The van der Waals surface area contributed by atoms with Crippen LogP contribution in [0.3, 0.4) is 0 Å². The Morgan fingerprint density at radius 3 is 2.18 bits per heavy atom. The largest absolute Gasteiger partial charge is 1.00 e. The zero-order valence-electron chi connectivity index (χ0n) is 23.2. The topological polar surface area (TPSA) is 42.2 Å². The third kappa shape index (κ3) is 12.1. The number of benzene rings is 2. The summed E-state index contributed by atoms with van der Waals surface area (Å²) in [5.41, 5.74) is 2.57. The van der Waals surface area contributed by atoms with Gasteiger partial charge in [-0.15, -0.1) is 0 Å². The molecule has 0 aliphatic carbocycles. The lowest BCUT2D eigenvalue weighted by molar-refractivity contribution is -0.689. The first-order chi connectivity index (χ1) is 18.2. The van der Waals surface area contributed by atoms with Gasteiger partial charge in [0.2, 0.25) is 5.01 Å². The Morgan fingerprint density at radius 1 is 0.868 bits per heavy atom. The van der Waals surface area contributed by atoms with Crippen molar-refractivity contribution in [2.75, 3.05) is 11.9 Å². The Hall–Kier alpha value is -2.18. The average molecular weight is 602 g/mol. The standard InChI is InChI=1S/C32H44N2O2S.BrH/c1-3-4-5-6-7-8-9-10-11-12-13-14-22-36-31-20-16-18-29(25-31)32(35)33-30-19-15-17-28(24-30)26-34-21-23-37-27(34)2;/h15-21,23-25H,3-14,22,26H2,1-2H3;1H. The van der Waals surface area contributed by atoms with Crippen molar-refractivity contribution < 1.29 is 31.1 Å². The Kier molecular flexibility index (Phi) is 16.0. The Bertz CT molecular complexity index is 1070. The van der Waals surface area contributed by atoms with Gasteiger partial charge in [0.25, 0.3) is 5.91 Å². The van der Waals surface area contributed by atoms with Crippen LogP contribution < -0.4 is 31.6 Å². The summed E-state index contributed by atoms with van der Waals surface area (Å²) >= 11 is 1.73. The summed E-state index contributed by atoms with van der Waals surface area (Å²) in [7, 11) is 0. The lowest BCUT2D eigenvalue weighted by Gasteiger charge is -2.09. The molecule has 0 radical (unpaired) electrons. The van der Waals surface area contributed by atoms with Crippen molar-refractivity contribution in [2.45, 2.75) is 97.4 Å². The van der Waals surface area contributed by atoms with Crippen molar-refractivity contribution in [2.24, 2.45) is 0 Å². The quantitative estimate of drug-likeness (QED) is 0.150. The minimum atomic E-state index is -0.118. The van der Waals surface area contributed by atoms with Gasteiger partial charge >= 0.3 is 0 Å². The number of amides is 1. The predicted octanol–water partition coefficient (Wildman–Crippen LogP) is 5.73. The summed E-state index contributed by atoms with van der Waals surface area (Å²) in [5.74, 6) is 0.640. The summed E-state index contributed by atoms with van der Waals surface area (Å²) in [6.07, 6.45) is 18.1. The third-order valence-corrected chi connectivity index (χ3v) is 7.62. The van der Waals surface area contributed by atoms with E-state index >= 15 is 0 Å². The molecular weight excluding hydrogens is 556 g/mol. The monoisotopic (exact) mass is 600 g/mol. The van der Waals surface area contributed by atoms with Crippen LogP contribution >= 0.6 is 11.3 Å². The van der Waals surface area contributed by atoms with E-state index in [4.69, 9.17) is 4.74 Å². The maximum absolute atomic E-state index is 12.9. The smallest absolute Gasteiger partial charge is 0.255 e. The van der Waals surface area contributed by atoms with Gasteiger partial charge in [-0.2, -0.15) is 4.57 Å². The lowest BCUT2D eigenvalue weighted by Crippen LogP contribution is -3.00. The van der Waals surface area contributed by atoms with E-state index in [9.17, 15) is 4.79 Å². The summed E-state index contributed by atoms with van der Waals surface area (Å²) in [6, 6.07) is 15.5. The Labute approximate surface area is 244 Å². The van der Waals surface area contributed by atoms with Crippen LogP contribution in [0.1, 0.15) is 105 Å². The van der Waals surface area contributed by atoms with Crippen molar-refractivity contribution in [1.82, 2.24) is 0 Å². The van der Waals surface area contributed by atoms with Crippen LogP contribution in [-0.2, 0) is 6.54 Å². The van der Waals surface area contributed by atoms with E-state index in [0.717, 1.165) is 30.0 Å². The number of nitrogens with one attached hydrogen (secondary N) is 1. The van der Waals surface area contributed by atoms with Gasteiger partial charge < -0.3 is 27.0 Å². The van der Waals surface area contributed by atoms with Crippen molar-refractivity contribution in [3.8, 4) is 5.75 Å². The molecule has 3 aromatic rings. The number of anilines is 1. The van der Waals surface area contributed by atoms with Crippen molar-refractivity contribution >= 4 is 22.9 Å². The Morgan fingerprint density at radius 2 is 1.53 bits per heavy atom. The first kappa shape index (κ1) is 32.0. The summed E-state index contributed by atoms with van der Waals surface area (Å²) < 4.78 is 8.16. The molecule has 6 heteroatoms.